The average Bonchev–Trinajstić information content (AvgIpc) is 2.60. The van der Waals surface area contributed by atoms with Crippen LogP contribution in [0.2, 0.25) is 0 Å². The number of nitrogens with zero attached hydrogens (tertiary/aromatic N) is 1. The molecule has 2 aromatic carbocycles. The van der Waals surface area contributed by atoms with Gasteiger partial charge in [-0.05, 0) is 31.0 Å². The predicted molar refractivity (Wildman–Crippen MR) is 101 cm³/mol. The number of halogens is 2. The lowest BCUT2D eigenvalue weighted by Gasteiger charge is -2.24. The van der Waals surface area contributed by atoms with E-state index >= 15 is 0 Å². The fourth-order valence-corrected chi connectivity index (χ4v) is 3.48. The average molecular weight is 396 g/mol. The van der Waals surface area contributed by atoms with Crippen molar-refractivity contribution < 1.29 is 22.0 Å². The van der Waals surface area contributed by atoms with Crippen LogP contribution >= 0.6 is 0 Å². The maximum atomic E-state index is 13.5. The van der Waals surface area contributed by atoms with Crippen molar-refractivity contribution in [1.82, 2.24) is 5.32 Å². The van der Waals surface area contributed by atoms with E-state index in [0.717, 1.165) is 39.9 Å². The molecule has 0 aromatic heterocycles. The molecule has 27 heavy (non-hydrogen) atoms. The van der Waals surface area contributed by atoms with Crippen LogP contribution in [0.3, 0.4) is 0 Å². The number of nitrogens with one attached hydrogen (secondary N) is 1. The van der Waals surface area contributed by atoms with Crippen LogP contribution in [-0.4, -0.2) is 27.1 Å². The SMILES string of the molecule is CC[C@@H](NC(=O)CN(c1ccc(F)c(F)c1)S(C)(=O)=O)c1ccc(C)cc1. The molecule has 0 saturated heterocycles. The van der Waals surface area contributed by atoms with Crippen LogP contribution in [0.15, 0.2) is 42.5 Å². The van der Waals surface area contributed by atoms with Gasteiger partial charge in [0.15, 0.2) is 11.6 Å². The van der Waals surface area contributed by atoms with Crippen molar-refractivity contribution in [3.8, 4) is 0 Å². The molecule has 0 heterocycles. The van der Waals surface area contributed by atoms with Crippen LogP contribution in [0.1, 0.15) is 30.5 Å². The molecule has 0 bridgehead atoms. The van der Waals surface area contributed by atoms with Gasteiger partial charge in [0.2, 0.25) is 15.9 Å². The van der Waals surface area contributed by atoms with Crippen LogP contribution in [0.25, 0.3) is 0 Å². The molecule has 2 aromatic rings. The van der Waals surface area contributed by atoms with Gasteiger partial charge in [-0.1, -0.05) is 36.8 Å². The number of hydrogen-bond donors (Lipinski definition) is 1. The summed E-state index contributed by atoms with van der Waals surface area (Å²) in [4.78, 5) is 12.4. The first-order valence-electron chi connectivity index (χ1n) is 8.40. The highest BCUT2D eigenvalue weighted by atomic mass is 32.2. The smallest absolute Gasteiger partial charge is 0.241 e. The zero-order valence-corrected chi connectivity index (χ0v) is 16.2. The van der Waals surface area contributed by atoms with Crippen molar-refractivity contribution in [3.05, 3.63) is 65.2 Å². The number of benzene rings is 2. The molecular weight excluding hydrogens is 374 g/mol. The Balaban J connectivity index is 2.20. The van der Waals surface area contributed by atoms with Crippen LogP contribution in [0.4, 0.5) is 14.5 Å². The largest absolute Gasteiger partial charge is 0.348 e. The molecule has 0 fully saturated rings. The van der Waals surface area contributed by atoms with E-state index in [4.69, 9.17) is 0 Å². The number of sulfonamides is 1. The summed E-state index contributed by atoms with van der Waals surface area (Å²) in [5, 5.41) is 2.79. The van der Waals surface area contributed by atoms with Gasteiger partial charge in [-0.3, -0.25) is 9.10 Å². The van der Waals surface area contributed by atoms with Crippen molar-refractivity contribution >= 4 is 21.6 Å². The molecule has 1 atom stereocenters. The van der Waals surface area contributed by atoms with Crippen molar-refractivity contribution in [2.75, 3.05) is 17.1 Å². The Kier molecular flexibility index (Phi) is 6.54. The Morgan fingerprint density at radius 2 is 1.74 bits per heavy atom. The van der Waals surface area contributed by atoms with Gasteiger partial charge in [0.25, 0.3) is 0 Å². The monoisotopic (exact) mass is 396 g/mol. The maximum Gasteiger partial charge on any atom is 0.241 e. The second-order valence-corrected chi connectivity index (χ2v) is 8.21. The van der Waals surface area contributed by atoms with Crippen molar-refractivity contribution in [3.63, 3.8) is 0 Å². The molecule has 5 nitrogen and oxygen atoms in total. The van der Waals surface area contributed by atoms with Crippen molar-refractivity contribution in [1.29, 1.82) is 0 Å². The second kappa shape index (κ2) is 8.47. The number of aryl methyl sites for hydroxylation is 1. The number of amides is 1. The molecule has 0 aliphatic heterocycles. The van der Waals surface area contributed by atoms with Crippen LogP contribution < -0.4 is 9.62 Å². The summed E-state index contributed by atoms with van der Waals surface area (Å²) in [7, 11) is -3.87. The Bertz CT molecular complexity index is 915. The number of anilines is 1. The van der Waals surface area contributed by atoms with Gasteiger partial charge in [0, 0.05) is 6.07 Å². The summed E-state index contributed by atoms with van der Waals surface area (Å²) in [5.41, 5.74) is 1.87. The Hall–Kier alpha value is -2.48. The lowest BCUT2D eigenvalue weighted by Crippen LogP contribution is -2.41. The van der Waals surface area contributed by atoms with Gasteiger partial charge in [0.05, 0.1) is 18.0 Å². The van der Waals surface area contributed by atoms with Gasteiger partial charge in [-0.25, -0.2) is 17.2 Å². The zero-order valence-electron chi connectivity index (χ0n) is 15.4. The molecule has 0 aliphatic carbocycles. The molecule has 0 aliphatic rings. The lowest BCUT2D eigenvalue weighted by molar-refractivity contribution is -0.120. The summed E-state index contributed by atoms with van der Waals surface area (Å²) in [6, 6.07) is 10.0. The molecular formula is C19H22F2N2O3S. The standard InChI is InChI=1S/C19H22F2N2O3S/c1-4-18(14-7-5-13(2)6-8-14)22-19(24)12-23(27(3,25)26)15-9-10-16(20)17(21)11-15/h5-11,18H,4,12H2,1-3H3,(H,22,24)/t18-/m1/s1. The van der Waals surface area contributed by atoms with E-state index in [0.29, 0.717) is 6.42 Å². The summed E-state index contributed by atoms with van der Waals surface area (Å²) >= 11 is 0. The molecule has 0 unspecified atom stereocenters. The van der Waals surface area contributed by atoms with E-state index in [1.54, 1.807) is 0 Å². The molecule has 0 radical (unpaired) electrons. The van der Waals surface area contributed by atoms with Crippen LogP contribution in [0.5, 0.6) is 0 Å². The van der Waals surface area contributed by atoms with E-state index in [9.17, 15) is 22.0 Å². The fourth-order valence-electron chi connectivity index (χ4n) is 2.63. The maximum absolute atomic E-state index is 13.5. The number of rotatable bonds is 7. The zero-order chi connectivity index (χ0) is 20.2. The highest BCUT2D eigenvalue weighted by molar-refractivity contribution is 7.92. The first kappa shape index (κ1) is 20.8. The van der Waals surface area contributed by atoms with Crippen LogP contribution in [-0.2, 0) is 14.8 Å². The first-order valence-corrected chi connectivity index (χ1v) is 10.3. The van der Waals surface area contributed by atoms with Crippen molar-refractivity contribution in [2.45, 2.75) is 26.3 Å². The summed E-state index contributed by atoms with van der Waals surface area (Å²) < 4.78 is 51.5. The number of carbonyl (C=O) groups is 1. The summed E-state index contributed by atoms with van der Waals surface area (Å²) in [6.07, 6.45) is 1.51. The van der Waals surface area contributed by atoms with E-state index in [1.165, 1.54) is 0 Å². The van der Waals surface area contributed by atoms with Gasteiger partial charge in [0.1, 0.15) is 6.54 Å². The molecule has 8 heteroatoms. The van der Waals surface area contributed by atoms with Gasteiger partial charge in [-0.2, -0.15) is 0 Å². The third-order valence-electron chi connectivity index (χ3n) is 4.10. The molecule has 0 spiro atoms. The number of carbonyl (C=O) groups excluding carboxylic acids is 1. The Labute approximate surface area is 158 Å². The van der Waals surface area contributed by atoms with Crippen molar-refractivity contribution in [2.24, 2.45) is 0 Å². The highest BCUT2D eigenvalue weighted by Crippen LogP contribution is 2.21. The third-order valence-corrected chi connectivity index (χ3v) is 5.24. The normalized spacial score (nSPS) is 12.5. The molecule has 1 amide bonds. The van der Waals surface area contributed by atoms with Crippen LogP contribution in [0, 0.1) is 18.6 Å². The summed E-state index contributed by atoms with van der Waals surface area (Å²) in [5.74, 6) is -2.83. The molecule has 146 valence electrons. The number of hydrogen-bond acceptors (Lipinski definition) is 3. The first-order chi connectivity index (χ1) is 12.6. The van der Waals surface area contributed by atoms with E-state index in [-0.39, 0.29) is 11.7 Å². The molecule has 0 saturated carbocycles. The van der Waals surface area contributed by atoms with Gasteiger partial charge < -0.3 is 5.32 Å². The quantitative estimate of drug-likeness (QED) is 0.781. The predicted octanol–water partition coefficient (Wildman–Crippen LogP) is 3.31. The third kappa shape index (κ3) is 5.50. The van der Waals surface area contributed by atoms with E-state index in [2.05, 4.69) is 5.32 Å². The minimum Gasteiger partial charge on any atom is -0.348 e. The summed E-state index contributed by atoms with van der Waals surface area (Å²) in [6.45, 7) is 3.32. The fraction of sp³-hybridized carbons (Fsp3) is 0.316. The highest BCUT2D eigenvalue weighted by Gasteiger charge is 2.23. The van der Waals surface area contributed by atoms with Gasteiger partial charge in [-0.15, -0.1) is 0 Å². The van der Waals surface area contributed by atoms with E-state index < -0.39 is 34.1 Å². The Morgan fingerprint density at radius 1 is 1.11 bits per heavy atom. The molecule has 2 rings (SSSR count). The lowest BCUT2D eigenvalue weighted by atomic mass is 10.0. The topological polar surface area (TPSA) is 66.5 Å². The minimum atomic E-state index is -3.87. The van der Waals surface area contributed by atoms with Gasteiger partial charge >= 0.3 is 0 Å². The Morgan fingerprint density at radius 3 is 2.26 bits per heavy atom. The molecule has 1 N–H and O–H groups in total. The minimum absolute atomic E-state index is 0.116. The van der Waals surface area contributed by atoms with E-state index in [1.807, 2.05) is 38.1 Å². The second-order valence-electron chi connectivity index (χ2n) is 6.31.